The molecule has 0 fully saturated rings. The number of aromatic carboxylic acids is 2. The fourth-order valence-electron chi connectivity index (χ4n) is 1.32. The number of esters is 1. The van der Waals surface area contributed by atoms with E-state index >= 15 is 0 Å². The standard InChI is InChI=1S/C12H12O6/c1-6(2)18-12(17)7-3-4-8(10(13)14)9(5-7)11(15)16/h3-6H,1-2H3,(H,13,14)(H,15,16). The normalized spacial score (nSPS) is 10.2. The Balaban J connectivity index is 3.19. The second-order valence-corrected chi connectivity index (χ2v) is 3.82. The summed E-state index contributed by atoms with van der Waals surface area (Å²) >= 11 is 0. The van der Waals surface area contributed by atoms with E-state index in [0.29, 0.717) is 0 Å². The molecule has 96 valence electrons. The van der Waals surface area contributed by atoms with Crippen LogP contribution in [0.25, 0.3) is 0 Å². The Hall–Kier alpha value is -2.37. The molecule has 0 amide bonds. The fraction of sp³-hybridized carbons (Fsp3) is 0.250. The number of carboxylic acids is 2. The van der Waals surface area contributed by atoms with Gasteiger partial charge in [0.2, 0.25) is 0 Å². The molecule has 1 aromatic rings. The Morgan fingerprint density at radius 3 is 2.06 bits per heavy atom. The molecule has 6 nitrogen and oxygen atoms in total. The van der Waals surface area contributed by atoms with Gasteiger partial charge in [-0.05, 0) is 32.0 Å². The minimum atomic E-state index is -1.41. The summed E-state index contributed by atoms with van der Waals surface area (Å²) in [6.45, 7) is 3.31. The van der Waals surface area contributed by atoms with Crippen molar-refractivity contribution in [3.63, 3.8) is 0 Å². The van der Waals surface area contributed by atoms with E-state index in [9.17, 15) is 14.4 Å². The van der Waals surface area contributed by atoms with Gasteiger partial charge in [0.1, 0.15) is 0 Å². The van der Waals surface area contributed by atoms with E-state index < -0.39 is 23.5 Å². The summed E-state index contributed by atoms with van der Waals surface area (Å²) in [4.78, 5) is 33.3. The Kier molecular flexibility index (Phi) is 4.04. The van der Waals surface area contributed by atoms with Crippen molar-refractivity contribution >= 4 is 17.9 Å². The Morgan fingerprint density at radius 2 is 1.61 bits per heavy atom. The van der Waals surface area contributed by atoms with E-state index in [1.807, 2.05) is 0 Å². The highest BCUT2D eigenvalue weighted by atomic mass is 16.5. The van der Waals surface area contributed by atoms with Gasteiger partial charge in [0, 0.05) is 0 Å². The average molecular weight is 252 g/mol. The quantitative estimate of drug-likeness (QED) is 0.790. The largest absolute Gasteiger partial charge is 0.478 e. The molecule has 0 aliphatic heterocycles. The minimum absolute atomic E-state index is 0.00565. The topological polar surface area (TPSA) is 101 Å². The molecule has 0 aliphatic carbocycles. The molecule has 0 saturated heterocycles. The van der Waals surface area contributed by atoms with Crippen LogP contribution in [0.3, 0.4) is 0 Å². The zero-order valence-corrected chi connectivity index (χ0v) is 9.84. The number of carbonyl (C=O) groups is 3. The number of ether oxygens (including phenoxy) is 1. The zero-order valence-electron chi connectivity index (χ0n) is 9.84. The van der Waals surface area contributed by atoms with Gasteiger partial charge in [-0.15, -0.1) is 0 Å². The zero-order chi connectivity index (χ0) is 13.9. The average Bonchev–Trinajstić information content (AvgIpc) is 2.26. The molecule has 0 saturated carbocycles. The van der Waals surface area contributed by atoms with Gasteiger partial charge < -0.3 is 14.9 Å². The molecule has 0 unspecified atom stereocenters. The van der Waals surface area contributed by atoms with Crippen LogP contribution in [-0.4, -0.2) is 34.2 Å². The van der Waals surface area contributed by atoms with Crippen LogP contribution in [0.15, 0.2) is 18.2 Å². The Labute approximate surface area is 103 Å². The third-order valence-corrected chi connectivity index (χ3v) is 2.06. The first kappa shape index (κ1) is 13.7. The molecular formula is C12H12O6. The first-order chi connectivity index (χ1) is 8.32. The molecular weight excluding hydrogens is 240 g/mol. The number of carboxylic acid groups (broad SMARTS) is 2. The summed E-state index contributed by atoms with van der Waals surface area (Å²) in [5.41, 5.74) is -0.810. The lowest BCUT2D eigenvalue weighted by Crippen LogP contribution is -2.14. The molecule has 0 bridgehead atoms. The van der Waals surface area contributed by atoms with Crippen LogP contribution in [0.4, 0.5) is 0 Å². The molecule has 0 heterocycles. The summed E-state index contributed by atoms with van der Waals surface area (Å²) < 4.78 is 4.89. The van der Waals surface area contributed by atoms with Crippen LogP contribution in [-0.2, 0) is 4.74 Å². The van der Waals surface area contributed by atoms with E-state index in [-0.39, 0.29) is 17.2 Å². The van der Waals surface area contributed by atoms with Crippen LogP contribution in [0.5, 0.6) is 0 Å². The summed E-state index contributed by atoms with van der Waals surface area (Å²) in [5.74, 6) is -3.47. The predicted molar refractivity (Wildman–Crippen MR) is 60.9 cm³/mol. The SMILES string of the molecule is CC(C)OC(=O)c1ccc(C(=O)O)c(C(=O)O)c1. The van der Waals surface area contributed by atoms with Gasteiger partial charge in [-0.1, -0.05) is 0 Å². The third-order valence-electron chi connectivity index (χ3n) is 2.06. The van der Waals surface area contributed by atoms with Gasteiger partial charge in [0.05, 0.1) is 22.8 Å². The van der Waals surface area contributed by atoms with Crippen molar-refractivity contribution in [2.24, 2.45) is 0 Å². The number of rotatable bonds is 4. The number of hydrogen-bond donors (Lipinski definition) is 2. The van der Waals surface area contributed by atoms with E-state index in [1.165, 1.54) is 6.07 Å². The monoisotopic (exact) mass is 252 g/mol. The lowest BCUT2D eigenvalue weighted by molar-refractivity contribution is 0.0377. The van der Waals surface area contributed by atoms with Gasteiger partial charge in [0.15, 0.2) is 0 Å². The maximum Gasteiger partial charge on any atom is 0.338 e. The van der Waals surface area contributed by atoms with E-state index in [1.54, 1.807) is 13.8 Å². The maximum absolute atomic E-state index is 11.5. The number of hydrogen-bond acceptors (Lipinski definition) is 4. The van der Waals surface area contributed by atoms with Gasteiger partial charge >= 0.3 is 17.9 Å². The predicted octanol–water partition coefficient (Wildman–Crippen LogP) is 1.65. The summed E-state index contributed by atoms with van der Waals surface area (Å²) in [6, 6.07) is 3.29. The summed E-state index contributed by atoms with van der Waals surface area (Å²) in [5, 5.41) is 17.7. The lowest BCUT2D eigenvalue weighted by Gasteiger charge is -2.09. The second-order valence-electron chi connectivity index (χ2n) is 3.82. The van der Waals surface area contributed by atoms with Crippen LogP contribution in [0.2, 0.25) is 0 Å². The van der Waals surface area contributed by atoms with Crippen LogP contribution in [0.1, 0.15) is 44.9 Å². The van der Waals surface area contributed by atoms with Gasteiger partial charge in [-0.2, -0.15) is 0 Å². The third kappa shape index (κ3) is 3.07. The molecule has 18 heavy (non-hydrogen) atoms. The van der Waals surface area contributed by atoms with Crippen molar-refractivity contribution in [1.82, 2.24) is 0 Å². The first-order valence-electron chi connectivity index (χ1n) is 5.14. The van der Waals surface area contributed by atoms with Gasteiger partial charge in [-0.25, -0.2) is 14.4 Å². The molecule has 1 rings (SSSR count). The summed E-state index contributed by atoms with van der Waals surface area (Å²) in [7, 11) is 0. The van der Waals surface area contributed by atoms with E-state index in [0.717, 1.165) is 12.1 Å². The van der Waals surface area contributed by atoms with Crippen LogP contribution in [0, 0.1) is 0 Å². The highest BCUT2D eigenvalue weighted by Gasteiger charge is 2.19. The van der Waals surface area contributed by atoms with Crippen molar-refractivity contribution in [3.8, 4) is 0 Å². The molecule has 2 N–H and O–H groups in total. The van der Waals surface area contributed by atoms with Gasteiger partial charge in [-0.3, -0.25) is 0 Å². The highest BCUT2D eigenvalue weighted by Crippen LogP contribution is 2.14. The molecule has 1 aromatic carbocycles. The molecule has 0 aliphatic rings. The second kappa shape index (κ2) is 5.31. The van der Waals surface area contributed by atoms with Crippen LogP contribution >= 0.6 is 0 Å². The Morgan fingerprint density at radius 1 is 1.06 bits per heavy atom. The molecule has 0 radical (unpaired) electrons. The Bertz CT molecular complexity index is 503. The molecule has 0 aromatic heterocycles. The number of carbonyl (C=O) groups excluding carboxylic acids is 1. The molecule has 6 heteroatoms. The lowest BCUT2D eigenvalue weighted by atomic mass is 10.0. The fourth-order valence-corrected chi connectivity index (χ4v) is 1.32. The number of benzene rings is 1. The van der Waals surface area contributed by atoms with Crippen molar-refractivity contribution in [1.29, 1.82) is 0 Å². The first-order valence-corrected chi connectivity index (χ1v) is 5.14. The van der Waals surface area contributed by atoms with E-state index in [2.05, 4.69) is 0 Å². The van der Waals surface area contributed by atoms with Crippen molar-refractivity contribution in [2.75, 3.05) is 0 Å². The highest BCUT2D eigenvalue weighted by molar-refractivity contribution is 6.03. The van der Waals surface area contributed by atoms with E-state index in [4.69, 9.17) is 14.9 Å². The maximum atomic E-state index is 11.5. The van der Waals surface area contributed by atoms with Crippen molar-refractivity contribution in [3.05, 3.63) is 34.9 Å². The van der Waals surface area contributed by atoms with Crippen LogP contribution < -0.4 is 0 Å². The summed E-state index contributed by atoms with van der Waals surface area (Å²) in [6.07, 6.45) is -0.343. The molecule has 0 spiro atoms. The van der Waals surface area contributed by atoms with Crippen molar-refractivity contribution in [2.45, 2.75) is 20.0 Å². The van der Waals surface area contributed by atoms with Crippen molar-refractivity contribution < 1.29 is 29.3 Å². The minimum Gasteiger partial charge on any atom is -0.478 e. The van der Waals surface area contributed by atoms with Gasteiger partial charge in [0.25, 0.3) is 0 Å². The molecule has 0 atom stereocenters. The smallest absolute Gasteiger partial charge is 0.338 e.